The first-order chi connectivity index (χ1) is 8.66. The highest BCUT2D eigenvalue weighted by Crippen LogP contribution is 2.21. The zero-order chi connectivity index (χ0) is 13.0. The number of carbonyl (C=O) groups excluding carboxylic acids is 1. The first-order valence-corrected chi connectivity index (χ1v) is 8.30. The van der Waals surface area contributed by atoms with Crippen molar-refractivity contribution in [2.45, 2.75) is 44.6 Å². The molecule has 2 nitrogen and oxygen atoms in total. The van der Waals surface area contributed by atoms with Gasteiger partial charge in [-0.3, -0.25) is 4.79 Å². The summed E-state index contributed by atoms with van der Waals surface area (Å²) >= 11 is 5.63. The van der Waals surface area contributed by atoms with Crippen molar-refractivity contribution >= 4 is 44.4 Å². The molecule has 1 N–H and O–H groups in total. The van der Waals surface area contributed by atoms with Crippen LogP contribution in [0.3, 0.4) is 0 Å². The fourth-order valence-electron chi connectivity index (χ4n) is 2.36. The molecule has 0 radical (unpaired) electrons. The molecule has 0 aliphatic heterocycles. The number of hydrogen-bond donors (Lipinski definition) is 1. The number of amides is 1. The Labute approximate surface area is 130 Å². The van der Waals surface area contributed by atoms with Crippen LogP contribution in [0.2, 0.25) is 0 Å². The van der Waals surface area contributed by atoms with Gasteiger partial charge in [-0.15, -0.1) is 0 Å². The van der Waals surface area contributed by atoms with Crippen LogP contribution in [0.15, 0.2) is 22.7 Å². The van der Waals surface area contributed by atoms with Crippen molar-refractivity contribution in [3.63, 3.8) is 0 Å². The zero-order valence-corrected chi connectivity index (χ0v) is 14.0. The van der Waals surface area contributed by atoms with E-state index in [-0.39, 0.29) is 5.91 Å². The van der Waals surface area contributed by atoms with Crippen molar-refractivity contribution in [2.24, 2.45) is 0 Å². The highest BCUT2D eigenvalue weighted by molar-refractivity contribution is 14.1. The SMILES string of the molecule is O=C(NC1CCCCCC1)c1cc(Br)ccc1I. The summed E-state index contributed by atoms with van der Waals surface area (Å²) < 4.78 is 1.95. The third-order valence-corrected chi connectivity index (χ3v) is 4.80. The van der Waals surface area contributed by atoms with Crippen LogP contribution in [0.5, 0.6) is 0 Å². The van der Waals surface area contributed by atoms with Gasteiger partial charge in [-0.1, -0.05) is 41.6 Å². The van der Waals surface area contributed by atoms with Gasteiger partial charge in [0.25, 0.3) is 5.91 Å². The first kappa shape index (κ1) is 14.3. The molecule has 1 aliphatic carbocycles. The summed E-state index contributed by atoms with van der Waals surface area (Å²) in [7, 11) is 0. The lowest BCUT2D eigenvalue weighted by Gasteiger charge is -2.16. The van der Waals surface area contributed by atoms with Crippen LogP contribution in [-0.2, 0) is 0 Å². The lowest BCUT2D eigenvalue weighted by atomic mass is 10.1. The predicted molar refractivity (Wildman–Crippen MR) is 85.8 cm³/mol. The number of rotatable bonds is 2. The molecule has 2 rings (SSSR count). The Kier molecular flexibility index (Phi) is 5.48. The maximum absolute atomic E-state index is 12.3. The van der Waals surface area contributed by atoms with Gasteiger partial charge in [0, 0.05) is 14.1 Å². The molecular weight excluding hydrogens is 405 g/mol. The maximum Gasteiger partial charge on any atom is 0.252 e. The van der Waals surface area contributed by atoms with Crippen molar-refractivity contribution in [3.8, 4) is 0 Å². The summed E-state index contributed by atoms with van der Waals surface area (Å²) in [5.74, 6) is 0.0626. The predicted octanol–water partition coefficient (Wildman–Crippen LogP) is 4.51. The molecular formula is C14H17BrINO. The highest BCUT2D eigenvalue weighted by atomic mass is 127. The van der Waals surface area contributed by atoms with Crippen LogP contribution in [0.1, 0.15) is 48.9 Å². The smallest absolute Gasteiger partial charge is 0.252 e. The summed E-state index contributed by atoms with van der Waals surface area (Å²) in [5, 5.41) is 3.18. The lowest BCUT2D eigenvalue weighted by molar-refractivity contribution is 0.0932. The Balaban J connectivity index is 2.04. The average Bonchev–Trinajstić information content (AvgIpc) is 2.61. The second-order valence-corrected chi connectivity index (χ2v) is 6.86. The number of hydrogen-bond acceptors (Lipinski definition) is 1. The minimum Gasteiger partial charge on any atom is -0.349 e. The third-order valence-electron chi connectivity index (χ3n) is 3.36. The van der Waals surface area contributed by atoms with Crippen LogP contribution < -0.4 is 5.32 Å². The number of halogens is 2. The van der Waals surface area contributed by atoms with E-state index in [2.05, 4.69) is 43.8 Å². The molecule has 1 aliphatic rings. The summed E-state index contributed by atoms with van der Waals surface area (Å²) in [6, 6.07) is 6.18. The van der Waals surface area contributed by atoms with Gasteiger partial charge in [0.15, 0.2) is 0 Å². The Morgan fingerprint density at radius 2 is 1.89 bits per heavy atom. The fourth-order valence-corrected chi connectivity index (χ4v) is 3.30. The molecule has 18 heavy (non-hydrogen) atoms. The molecule has 0 bridgehead atoms. The van der Waals surface area contributed by atoms with Crippen molar-refractivity contribution in [1.82, 2.24) is 5.32 Å². The van der Waals surface area contributed by atoms with Crippen LogP contribution in [-0.4, -0.2) is 11.9 Å². The van der Waals surface area contributed by atoms with Crippen LogP contribution in [0.25, 0.3) is 0 Å². The van der Waals surface area contributed by atoms with Gasteiger partial charge in [0.1, 0.15) is 0 Å². The zero-order valence-electron chi connectivity index (χ0n) is 10.2. The van der Waals surface area contributed by atoms with E-state index in [0.29, 0.717) is 6.04 Å². The molecule has 1 aromatic rings. The molecule has 0 saturated heterocycles. The maximum atomic E-state index is 12.3. The Bertz CT molecular complexity index is 428. The van der Waals surface area contributed by atoms with Gasteiger partial charge >= 0.3 is 0 Å². The fraction of sp³-hybridized carbons (Fsp3) is 0.500. The number of benzene rings is 1. The van der Waals surface area contributed by atoms with Gasteiger partial charge in [0.2, 0.25) is 0 Å². The van der Waals surface area contributed by atoms with Gasteiger partial charge < -0.3 is 5.32 Å². The summed E-state index contributed by atoms with van der Waals surface area (Å²) in [4.78, 5) is 12.3. The minimum absolute atomic E-state index is 0.0626. The monoisotopic (exact) mass is 421 g/mol. The van der Waals surface area contributed by atoms with Crippen molar-refractivity contribution < 1.29 is 4.79 Å². The summed E-state index contributed by atoms with van der Waals surface area (Å²) in [6.45, 7) is 0. The van der Waals surface area contributed by atoms with Crippen LogP contribution in [0, 0.1) is 3.57 Å². The highest BCUT2D eigenvalue weighted by Gasteiger charge is 2.17. The van der Waals surface area contributed by atoms with Crippen molar-refractivity contribution in [2.75, 3.05) is 0 Å². The molecule has 98 valence electrons. The molecule has 0 unspecified atom stereocenters. The van der Waals surface area contributed by atoms with Crippen molar-refractivity contribution in [1.29, 1.82) is 0 Å². The minimum atomic E-state index is 0.0626. The average molecular weight is 422 g/mol. The Morgan fingerprint density at radius 1 is 1.22 bits per heavy atom. The van der Waals surface area contributed by atoms with E-state index in [4.69, 9.17) is 0 Å². The third kappa shape index (κ3) is 3.95. The molecule has 0 aromatic heterocycles. The molecule has 4 heteroatoms. The van der Waals surface area contributed by atoms with E-state index in [1.165, 1.54) is 25.7 Å². The van der Waals surface area contributed by atoms with Crippen LogP contribution in [0.4, 0.5) is 0 Å². The quantitative estimate of drug-likeness (QED) is 0.552. The molecule has 1 aromatic carbocycles. The van der Waals surface area contributed by atoms with Crippen molar-refractivity contribution in [3.05, 3.63) is 31.8 Å². The number of nitrogens with one attached hydrogen (secondary N) is 1. The van der Waals surface area contributed by atoms with E-state index in [9.17, 15) is 4.79 Å². The standard InChI is InChI=1S/C14H17BrINO/c15-10-7-8-13(16)12(9-10)14(18)17-11-5-3-1-2-4-6-11/h7-9,11H,1-6H2,(H,17,18). The molecule has 0 spiro atoms. The van der Waals surface area contributed by atoms with Gasteiger partial charge in [-0.25, -0.2) is 0 Å². The first-order valence-electron chi connectivity index (χ1n) is 6.43. The lowest BCUT2D eigenvalue weighted by Crippen LogP contribution is -2.34. The molecule has 1 fully saturated rings. The topological polar surface area (TPSA) is 29.1 Å². The Hall–Kier alpha value is -0.100. The van der Waals surface area contributed by atoms with E-state index in [1.54, 1.807) is 0 Å². The van der Waals surface area contributed by atoms with E-state index >= 15 is 0 Å². The summed E-state index contributed by atoms with van der Waals surface area (Å²) in [5.41, 5.74) is 0.772. The second-order valence-electron chi connectivity index (χ2n) is 4.79. The molecule has 1 saturated carbocycles. The largest absolute Gasteiger partial charge is 0.349 e. The number of carbonyl (C=O) groups is 1. The van der Waals surface area contributed by atoms with Gasteiger partial charge in [-0.2, -0.15) is 0 Å². The Morgan fingerprint density at radius 3 is 2.56 bits per heavy atom. The second kappa shape index (κ2) is 6.89. The normalized spacial score (nSPS) is 17.2. The summed E-state index contributed by atoms with van der Waals surface area (Å²) in [6.07, 6.45) is 7.33. The van der Waals surface area contributed by atoms with Gasteiger partial charge in [-0.05, 0) is 53.6 Å². The molecule has 0 atom stereocenters. The molecule has 0 heterocycles. The van der Waals surface area contributed by atoms with Crippen LogP contribution >= 0.6 is 38.5 Å². The van der Waals surface area contributed by atoms with E-state index in [1.807, 2.05) is 18.2 Å². The van der Waals surface area contributed by atoms with E-state index < -0.39 is 0 Å². The van der Waals surface area contributed by atoms with Gasteiger partial charge in [0.05, 0.1) is 5.56 Å². The van der Waals surface area contributed by atoms with E-state index in [0.717, 1.165) is 26.4 Å². The molecule has 1 amide bonds.